The molecule has 0 heterocycles. The summed E-state index contributed by atoms with van der Waals surface area (Å²) in [5.41, 5.74) is 0. The third-order valence-electron chi connectivity index (χ3n) is 4.41. The van der Waals surface area contributed by atoms with E-state index in [1.54, 1.807) is 7.05 Å². The van der Waals surface area contributed by atoms with Crippen LogP contribution in [0.2, 0.25) is 0 Å². The van der Waals surface area contributed by atoms with Crippen molar-refractivity contribution in [2.24, 2.45) is 10.9 Å². The standard InChI is InChI=1S/C16H31F3N4/c1-4-10-23(5-2)11-9-21-15(20-3)22-14-8-6-7-13(12-14)16(17,18)19/h13-14H,4-12H2,1-3H3,(H2,20,21,22). The van der Waals surface area contributed by atoms with Crippen LogP contribution in [0.25, 0.3) is 0 Å². The van der Waals surface area contributed by atoms with Gasteiger partial charge in [0.25, 0.3) is 0 Å². The van der Waals surface area contributed by atoms with Gasteiger partial charge in [-0.15, -0.1) is 0 Å². The summed E-state index contributed by atoms with van der Waals surface area (Å²) >= 11 is 0. The third-order valence-corrected chi connectivity index (χ3v) is 4.41. The molecule has 1 saturated carbocycles. The van der Waals surface area contributed by atoms with E-state index in [4.69, 9.17) is 0 Å². The Morgan fingerprint density at radius 1 is 1.22 bits per heavy atom. The molecule has 2 N–H and O–H groups in total. The molecule has 1 rings (SSSR count). The van der Waals surface area contributed by atoms with E-state index in [1.807, 2.05) is 0 Å². The Labute approximate surface area is 137 Å². The highest BCUT2D eigenvalue weighted by Crippen LogP contribution is 2.37. The van der Waals surface area contributed by atoms with Crippen molar-refractivity contribution in [3.05, 3.63) is 0 Å². The van der Waals surface area contributed by atoms with E-state index in [0.717, 1.165) is 39.0 Å². The fourth-order valence-electron chi connectivity index (χ4n) is 3.08. The Kier molecular flexibility index (Phi) is 8.73. The normalized spacial score (nSPS) is 23.2. The Hall–Kier alpha value is -0.980. The van der Waals surface area contributed by atoms with Gasteiger partial charge in [0.2, 0.25) is 0 Å². The van der Waals surface area contributed by atoms with Crippen LogP contribution in [-0.2, 0) is 0 Å². The summed E-state index contributed by atoms with van der Waals surface area (Å²) in [5.74, 6) is -0.586. The zero-order valence-corrected chi connectivity index (χ0v) is 14.5. The molecule has 1 aliphatic carbocycles. The van der Waals surface area contributed by atoms with E-state index in [9.17, 15) is 13.2 Å². The molecule has 23 heavy (non-hydrogen) atoms. The van der Waals surface area contributed by atoms with E-state index < -0.39 is 12.1 Å². The molecule has 0 amide bonds. The second-order valence-electron chi connectivity index (χ2n) is 6.18. The van der Waals surface area contributed by atoms with Crippen LogP contribution in [0.1, 0.15) is 46.0 Å². The molecule has 1 aliphatic rings. The molecular weight excluding hydrogens is 305 g/mol. The summed E-state index contributed by atoms with van der Waals surface area (Å²) in [6, 6.07) is -0.153. The summed E-state index contributed by atoms with van der Waals surface area (Å²) in [4.78, 5) is 6.47. The first-order chi connectivity index (χ1) is 10.9. The van der Waals surface area contributed by atoms with Gasteiger partial charge in [-0.1, -0.05) is 20.3 Å². The fraction of sp³-hybridized carbons (Fsp3) is 0.938. The average Bonchev–Trinajstić information content (AvgIpc) is 2.52. The molecule has 0 aromatic carbocycles. The Balaban J connectivity index is 2.38. The van der Waals surface area contributed by atoms with Gasteiger partial charge in [-0.05, 0) is 38.8 Å². The van der Waals surface area contributed by atoms with Crippen LogP contribution < -0.4 is 10.6 Å². The van der Waals surface area contributed by atoms with Gasteiger partial charge in [0.15, 0.2) is 5.96 Å². The first-order valence-electron chi connectivity index (χ1n) is 8.66. The molecule has 0 saturated heterocycles. The summed E-state index contributed by atoms with van der Waals surface area (Å²) in [7, 11) is 1.66. The van der Waals surface area contributed by atoms with Gasteiger partial charge in [-0.2, -0.15) is 13.2 Å². The zero-order chi connectivity index (χ0) is 17.3. The highest BCUT2D eigenvalue weighted by Gasteiger charge is 2.42. The maximum absolute atomic E-state index is 12.9. The number of rotatable bonds is 7. The molecule has 0 aliphatic heterocycles. The minimum absolute atomic E-state index is 0.140. The second kappa shape index (κ2) is 10.0. The Bertz CT molecular complexity index is 358. The lowest BCUT2D eigenvalue weighted by atomic mass is 9.85. The number of likely N-dealkylation sites (N-methyl/N-ethyl adjacent to an activating group) is 1. The first-order valence-corrected chi connectivity index (χ1v) is 8.66. The van der Waals surface area contributed by atoms with Gasteiger partial charge in [-0.3, -0.25) is 4.99 Å². The third kappa shape index (κ3) is 7.42. The number of hydrogen-bond acceptors (Lipinski definition) is 2. The fourth-order valence-corrected chi connectivity index (χ4v) is 3.08. The highest BCUT2D eigenvalue weighted by atomic mass is 19.4. The molecule has 1 fully saturated rings. The van der Waals surface area contributed by atoms with E-state index >= 15 is 0 Å². The Morgan fingerprint density at radius 3 is 2.52 bits per heavy atom. The molecule has 2 unspecified atom stereocenters. The molecular formula is C16H31F3N4. The van der Waals surface area contributed by atoms with Crippen molar-refractivity contribution < 1.29 is 13.2 Å². The predicted molar refractivity (Wildman–Crippen MR) is 88.7 cm³/mol. The van der Waals surface area contributed by atoms with Crippen molar-refractivity contribution in [1.29, 1.82) is 0 Å². The monoisotopic (exact) mass is 336 g/mol. The number of alkyl halides is 3. The lowest BCUT2D eigenvalue weighted by Gasteiger charge is -2.32. The summed E-state index contributed by atoms with van der Waals surface area (Å²) in [6.45, 7) is 7.97. The van der Waals surface area contributed by atoms with Crippen LogP contribution in [0.4, 0.5) is 13.2 Å². The smallest absolute Gasteiger partial charge is 0.355 e. The van der Waals surface area contributed by atoms with Crippen molar-refractivity contribution in [3.63, 3.8) is 0 Å². The Morgan fingerprint density at radius 2 is 1.96 bits per heavy atom. The summed E-state index contributed by atoms with van der Waals surface area (Å²) in [5, 5.41) is 6.36. The van der Waals surface area contributed by atoms with Crippen molar-refractivity contribution in [1.82, 2.24) is 15.5 Å². The van der Waals surface area contributed by atoms with Crippen molar-refractivity contribution in [2.45, 2.75) is 58.2 Å². The quantitative estimate of drug-likeness (QED) is 0.555. The van der Waals surface area contributed by atoms with Crippen molar-refractivity contribution in [3.8, 4) is 0 Å². The van der Waals surface area contributed by atoms with Crippen LogP contribution >= 0.6 is 0 Å². The predicted octanol–water partition coefficient (Wildman–Crippen LogP) is 3.00. The lowest BCUT2D eigenvalue weighted by molar-refractivity contribution is -0.183. The minimum Gasteiger partial charge on any atom is -0.355 e. The first kappa shape index (κ1) is 20.1. The van der Waals surface area contributed by atoms with Gasteiger partial charge >= 0.3 is 6.18 Å². The van der Waals surface area contributed by atoms with Gasteiger partial charge in [0.1, 0.15) is 0 Å². The van der Waals surface area contributed by atoms with E-state index in [1.165, 1.54) is 0 Å². The zero-order valence-electron chi connectivity index (χ0n) is 14.5. The number of halogens is 3. The minimum atomic E-state index is -4.08. The van der Waals surface area contributed by atoms with E-state index in [0.29, 0.717) is 12.4 Å². The van der Waals surface area contributed by atoms with Crippen molar-refractivity contribution >= 4 is 5.96 Å². The molecule has 0 spiro atoms. The van der Waals surface area contributed by atoms with E-state index in [2.05, 4.69) is 34.4 Å². The summed E-state index contributed by atoms with van der Waals surface area (Å²) in [6.07, 6.45) is -1.21. The number of guanidine groups is 1. The van der Waals surface area contributed by atoms with Gasteiger partial charge in [0.05, 0.1) is 5.92 Å². The van der Waals surface area contributed by atoms with Crippen LogP contribution in [0.15, 0.2) is 4.99 Å². The maximum Gasteiger partial charge on any atom is 0.391 e. The van der Waals surface area contributed by atoms with Crippen LogP contribution in [0.5, 0.6) is 0 Å². The van der Waals surface area contributed by atoms with Gasteiger partial charge in [-0.25, -0.2) is 0 Å². The molecule has 7 heteroatoms. The maximum atomic E-state index is 12.9. The molecule has 0 aromatic heterocycles. The lowest BCUT2D eigenvalue weighted by Crippen LogP contribution is -2.48. The van der Waals surface area contributed by atoms with Crippen molar-refractivity contribution in [2.75, 3.05) is 33.2 Å². The molecule has 0 aromatic rings. The molecule has 2 atom stereocenters. The average molecular weight is 336 g/mol. The van der Waals surface area contributed by atoms with Gasteiger partial charge in [0, 0.05) is 26.2 Å². The highest BCUT2D eigenvalue weighted by molar-refractivity contribution is 5.79. The SMILES string of the molecule is CCCN(CC)CCNC(=NC)NC1CCCC(C(F)(F)F)C1. The largest absolute Gasteiger partial charge is 0.391 e. The molecule has 0 radical (unpaired) electrons. The number of hydrogen-bond donors (Lipinski definition) is 2. The van der Waals surface area contributed by atoms with E-state index in [-0.39, 0.29) is 18.9 Å². The number of nitrogens with one attached hydrogen (secondary N) is 2. The summed E-state index contributed by atoms with van der Waals surface area (Å²) < 4.78 is 38.6. The number of nitrogens with zero attached hydrogens (tertiary/aromatic N) is 2. The van der Waals surface area contributed by atoms with Gasteiger partial charge < -0.3 is 15.5 Å². The van der Waals surface area contributed by atoms with Crippen LogP contribution in [-0.4, -0.2) is 56.3 Å². The van der Waals surface area contributed by atoms with Crippen LogP contribution in [0, 0.1) is 5.92 Å². The topological polar surface area (TPSA) is 39.7 Å². The van der Waals surface area contributed by atoms with Crippen LogP contribution in [0.3, 0.4) is 0 Å². The second-order valence-corrected chi connectivity index (χ2v) is 6.18. The molecule has 4 nitrogen and oxygen atoms in total. The molecule has 136 valence electrons. The molecule has 0 bridgehead atoms. The number of aliphatic imine (C=N–C) groups is 1.